The zero-order valence-corrected chi connectivity index (χ0v) is 10.9. The topological polar surface area (TPSA) is 120 Å². The van der Waals surface area contributed by atoms with Crippen molar-refractivity contribution < 1.29 is 4.92 Å². The molecule has 2 heterocycles. The first-order chi connectivity index (χ1) is 9.13. The van der Waals surface area contributed by atoms with E-state index in [4.69, 9.17) is 5.73 Å². The summed E-state index contributed by atoms with van der Waals surface area (Å²) in [5.74, 6) is -0.0453. The lowest BCUT2D eigenvalue weighted by molar-refractivity contribution is -0.383. The van der Waals surface area contributed by atoms with E-state index in [9.17, 15) is 10.1 Å². The number of anilines is 2. The standard InChI is InChI=1S/C10H12N6O2S/c1-2-6(10-12-3-4-19-10)15-9-7(16(17)18)8(11)13-5-14-9/h3-6H,2H2,1H3,(H3,11,13,14,15). The lowest BCUT2D eigenvalue weighted by Crippen LogP contribution is -2.13. The average molecular weight is 280 g/mol. The van der Waals surface area contributed by atoms with Crippen molar-refractivity contribution in [2.24, 2.45) is 0 Å². The molecule has 1 atom stereocenters. The number of aromatic nitrogens is 3. The van der Waals surface area contributed by atoms with Crippen molar-refractivity contribution in [1.29, 1.82) is 0 Å². The first-order valence-corrected chi connectivity index (χ1v) is 6.42. The molecule has 100 valence electrons. The Bertz CT molecular complexity index is 573. The van der Waals surface area contributed by atoms with Crippen molar-refractivity contribution in [2.75, 3.05) is 11.1 Å². The molecule has 19 heavy (non-hydrogen) atoms. The highest BCUT2D eigenvalue weighted by Gasteiger charge is 2.23. The normalized spacial score (nSPS) is 12.1. The van der Waals surface area contributed by atoms with Gasteiger partial charge in [-0.1, -0.05) is 6.92 Å². The molecule has 0 radical (unpaired) electrons. The molecule has 8 nitrogen and oxygen atoms in total. The minimum absolute atomic E-state index is 0.111. The molecule has 0 amide bonds. The summed E-state index contributed by atoms with van der Waals surface area (Å²) in [6.07, 6.45) is 3.60. The van der Waals surface area contributed by atoms with Crippen LogP contribution in [0.4, 0.5) is 17.3 Å². The molecule has 2 aromatic heterocycles. The predicted molar refractivity (Wildman–Crippen MR) is 71.9 cm³/mol. The Morgan fingerprint density at radius 2 is 2.32 bits per heavy atom. The van der Waals surface area contributed by atoms with Crippen LogP contribution >= 0.6 is 11.3 Å². The summed E-state index contributed by atoms with van der Waals surface area (Å²) in [5.41, 5.74) is 5.20. The number of nitro groups is 1. The maximum absolute atomic E-state index is 11.0. The van der Waals surface area contributed by atoms with Gasteiger partial charge in [-0.2, -0.15) is 0 Å². The van der Waals surface area contributed by atoms with E-state index in [0.717, 1.165) is 5.01 Å². The van der Waals surface area contributed by atoms with Crippen molar-refractivity contribution in [1.82, 2.24) is 15.0 Å². The van der Waals surface area contributed by atoms with Crippen molar-refractivity contribution in [3.8, 4) is 0 Å². The average Bonchev–Trinajstić information content (AvgIpc) is 2.89. The van der Waals surface area contributed by atoms with Crippen LogP contribution < -0.4 is 11.1 Å². The van der Waals surface area contributed by atoms with Crippen molar-refractivity contribution in [3.05, 3.63) is 33.0 Å². The van der Waals surface area contributed by atoms with E-state index in [1.54, 1.807) is 6.20 Å². The smallest absolute Gasteiger partial charge is 0.353 e. The van der Waals surface area contributed by atoms with Crippen LogP contribution in [0.1, 0.15) is 24.4 Å². The molecule has 0 aliphatic carbocycles. The number of rotatable bonds is 5. The molecule has 0 bridgehead atoms. The zero-order valence-electron chi connectivity index (χ0n) is 10.1. The Labute approximate surface area is 112 Å². The molecule has 2 aromatic rings. The van der Waals surface area contributed by atoms with Gasteiger partial charge in [-0.25, -0.2) is 15.0 Å². The largest absolute Gasteiger partial charge is 0.378 e. The third-order valence-electron chi connectivity index (χ3n) is 2.50. The Hall–Kier alpha value is -2.29. The number of nitrogens with zero attached hydrogens (tertiary/aromatic N) is 4. The Morgan fingerprint density at radius 1 is 1.53 bits per heavy atom. The molecule has 0 saturated carbocycles. The van der Waals surface area contributed by atoms with E-state index in [1.807, 2.05) is 12.3 Å². The van der Waals surface area contributed by atoms with Crippen molar-refractivity contribution in [2.45, 2.75) is 19.4 Å². The number of nitrogen functional groups attached to an aromatic ring is 1. The van der Waals surface area contributed by atoms with Crippen LogP contribution in [-0.4, -0.2) is 19.9 Å². The molecular formula is C10H12N6O2S. The Kier molecular flexibility index (Phi) is 3.85. The number of hydrogen-bond acceptors (Lipinski definition) is 8. The Morgan fingerprint density at radius 3 is 2.89 bits per heavy atom. The highest BCUT2D eigenvalue weighted by atomic mass is 32.1. The van der Waals surface area contributed by atoms with E-state index >= 15 is 0 Å². The van der Waals surface area contributed by atoms with Gasteiger partial charge in [0.1, 0.15) is 11.3 Å². The van der Waals surface area contributed by atoms with E-state index < -0.39 is 4.92 Å². The highest BCUT2D eigenvalue weighted by Crippen LogP contribution is 2.31. The fourth-order valence-electron chi connectivity index (χ4n) is 1.59. The van der Waals surface area contributed by atoms with Crippen LogP contribution in [0.2, 0.25) is 0 Å². The molecule has 0 spiro atoms. The molecule has 0 fully saturated rings. The number of hydrogen-bond donors (Lipinski definition) is 2. The van der Waals surface area contributed by atoms with Gasteiger partial charge in [-0.15, -0.1) is 11.3 Å². The summed E-state index contributed by atoms with van der Waals surface area (Å²) >= 11 is 1.48. The molecule has 0 aliphatic rings. The predicted octanol–water partition coefficient (Wildman–Crippen LogP) is 1.99. The molecular weight excluding hydrogens is 268 g/mol. The van der Waals surface area contributed by atoms with Gasteiger partial charge in [0.05, 0.1) is 11.0 Å². The summed E-state index contributed by atoms with van der Waals surface area (Å²) in [6.45, 7) is 1.95. The maximum Gasteiger partial charge on any atom is 0.353 e. The van der Waals surface area contributed by atoms with Gasteiger partial charge in [-0.05, 0) is 6.42 Å². The van der Waals surface area contributed by atoms with Crippen LogP contribution in [0.3, 0.4) is 0 Å². The SMILES string of the molecule is CCC(Nc1ncnc(N)c1[N+](=O)[O-])c1nccs1. The minimum Gasteiger partial charge on any atom is -0.378 e. The lowest BCUT2D eigenvalue weighted by Gasteiger charge is -2.14. The second kappa shape index (κ2) is 5.57. The number of nitrogens with two attached hydrogens (primary N) is 1. The third-order valence-corrected chi connectivity index (χ3v) is 3.39. The lowest BCUT2D eigenvalue weighted by atomic mass is 10.2. The Balaban J connectivity index is 2.32. The summed E-state index contributed by atoms with van der Waals surface area (Å²) in [6, 6.07) is -0.145. The van der Waals surface area contributed by atoms with Gasteiger partial charge in [0.15, 0.2) is 0 Å². The van der Waals surface area contributed by atoms with Gasteiger partial charge in [0.2, 0.25) is 11.6 Å². The van der Waals surface area contributed by atoms with Gasteiger partial charge < -0.3 is 11.1 Å². The van der Waals surface area contributed by atoms with Gasteiger partial charge in [0.25, 0.3) is 0 Å². The quantitative estimate of drug-likeness (QED) is 0.634. The minimum atomic E-state index is -0.591. The highest BCUT2D eigenvalue weighted by molar-refractivity contribution is 7.09. The summed E-state index contributed by atoms with van der Waals surface area (Å²) in [7, 11) is 0. The van der Waals surface area contributed by atoms with Gasteiger partial charge in [-0.3, -0.25) is 10.1 Å². The number of nitrogens with one attached hydrogen (secondary N) is 1. The molecule has 2 rings (SSSR count). The monoisotopic (exact) mass is 280 g/mol. The second-order valence-electron chi connectivity index (χ2n) is 3.69. The number of thiazole rings is 1. The van der Waals surface area contributed by atoms with Crippen LogP contribution in [0.25, 0.3) is 0 Å². The van der Waals surface area contributed by atoms with Gasteiger partial charge >= 0.3 is 5.69 Å². The maximum atomic E-state index is 11.0. The van der Waals surface area contributed by atoms with Crippen molar-refractivity contribution >= 4 is 28.7 Å². The van der Waals surface area contributed by atoms with E-state index in [-0.39, 0.29) is 23.4 Å². The summed E-state index contributed by atoms with van der Waals surface area (Å²) in [4.78, 5) is 22.1. The fraction of sp³-hybridized carbons (Fsp3) is 0.300. The summed E-state index contributed by atoms with van der Waals surface area (Å²) < 4.78 is 0. The zero-order chi connectivity index (χ0) is 13.8. The summed E-state index contributed by atoms with van der Waals surface area (Å²) in [5, 5.41) is 16.7. The molecule has 3 N–H and O–H groups in total. The molecule has 0 aliphatic heterocycles. The van der Waals surface area contributed by atoms with Crippen LogP contribution in [0.5, 0.6) is 0 Å². The molecule has 1 unspecified atom stereocenters. The van der Waals surface area contributed by atoms with Gasteiger partial charge in [0, 0.05) is 11.6 Å². The van der Waals surface area contributed by atoms with Crippen LogP contribution in [0, 0.1) is 10.1 Å². The molecule has 0 aromatic carbocycles. The first-order valence-electron chi connectivity index (χ1n) is 5.54. The van der Waals surface area contributed by atoms with Crippen molar-refractivity contribution in [3.63, 3.8) is 0 Å². The van der Waals surface area contributed by atoms with Crippen LogP contribution in [0.15, 0.2) is 17.9 Å². The van der Waals surface area contributed by atoms with Crippen LogP contribution in [-0.2, 0) is 0 Å². The second-order valence-corrected chi connectivity index (χ2v) is 4.61. The fourth-order valence-corrected chi connectivity index (χ4v) is 2.36. The molecule has 0 saturated heterocycles. The third kappa shape index (κ3) is 2.76. The van der Waals surface area contributed by atoms with E-state index in [2.05, 4.69) is 20.3 Å². The van der Waals surface area contributed by atoms with E-state index in [0.29, 0.717) is 6.42 Å². The van der Waals surface area contributed by atoms with E-state index in [1.165, 1.54) is 17.7 Å². The molecule has 9 heteroatoms. The first kappa shape index (κ1) is 13.1.